The van der Waals surface area contributed by atoms with Crippen molar-refractivity contribution in [2.75, 3.05) is 6.61 Å². The molecular formula is C8H8Cl2O3. The minimum atomic E-state index is -1.11. The Kier molecular flexibility index (Phi) is 3.36. The van der Waals surface area contributed by atoms with E-state index >= 15 is 0 Å². The molecule has 0 amide bonds. The molecule has 3 nitrogen and oxygen atoms in total. The van der Waals surface area contributed by atoms with Gasteiger partial charge in [0.1, 0.15) is 6.61 Å². The van der Waals surface area contributed by atoms with Crippen molar-refractivity contribution in [2.24, 2.45) is 0 Å². The van der Waals surface area contributed by atoms with E-state index in [-0.39, 0.29) is 0 Å². The van der Waals surface area contributed by atoms with Gasteiger partial charge in [0.2, 0.25) is 0 Å². The number of hydrogen-bond donors (Lipinski definition) is 1. The molecule has 0 aromatic heterocycles. The monoisotopic (exact) mass is 222 g/mol. The fourth-order valence-electron chi connectivity index (χ4n) is 0.925. The van der Waals surface area contributed by atoms with Crippen LogP contribution in [0.2, 0.25) is 0 Å². The highest BCUT2D eigenvalue weighted by Crippen LogP contribution is 2.32. The van der Waals surface area contributed by atoms with Crippen LogP contribution in [-0.4, -0.2) is 22.7 Å². The Hall–Kier alpha value is -0.510. The maximum Gasteiger partial charge on any atom is 0.329 e. The van der Waals surface area contributed by atoms with Gasteiger partial charge in [-0.1, -0.05) is 29.3 Å². The van der Waals surface area contributed by atoms with Crippen molar-refractivity contribution in [1.29, 1.82) is 0 Å². The second-order valence-corrected chi connectivity index (χ2v) is 3.74. The van der Waals surface area contributed by atoms with Crippen molar-refractivity contribution in [2.45, 2.75) is 11.5 Å². The smallest absolute Gasteiger partial charge is 0.329 e. The Labute approximate surface area is 85.6 Å². The van der Waals surface area contributed by atoms with E-state index in [1.807, 2.05) is 0 Å². The zero-order valence-corrected chi connectivity index (χ0v) is 8.18. The maximum absolute atomic E-state index is 10.2. The summed E-state index contributed by atoms with van der Waals surface area (Å²) in [6, 6.07) is 0. The first kappa shape index (κ1) is 10.6. The van der Waals surface area contributed by atoms with Crippen LogP contribution in [0.4, 0.5) is 0 Å². The molecule has 1 aliphatic rings. The van der Waals surface area contributed by atoms with E-state index in [0.717, 1.165) is 0 Å². The molecule has 0 saturated heterocycles. The minimum absolute atomic E-state index is 0.292. The van der Waals surface area contributed by atoms with Crippen molar-refractivity contribution in [3.63, 3.8) is 0 Å². The molecule has 1 N–H and O–H groups in total. The van der Waals surface area contributed by atoms with E-state index in [9.17, 15) is 4.79 Å². The average molecular weight is 223 g/mol. The Morgan fingerprint density at radius 2 is 2.46 bits per heavy atom. The van der Waals surface area contributed by atoms with Gasteiger partial charge in [0.25, 0.3) is 0 Å². The largest absolute Gasteiger partial charge is 0.480 e. The second-order valence-electron chi connectivity index (χ2n) is 2.62. The molecule has 72 valence electrons. The first-order chi connectivity index (χ1) is 6.02. The first-order valence-corrected chi connectivity index (χ1v) is 4.36. The number of alkyl halides is 1. The van der Waals surface area contributed by atoms with Gasteiger partial charge in [-0.25, -0.2) is 4.79 Å². The lowest BCUT2D eigenvalue weighted by atomic mass is 10.1. The predicted molar refractivity (Wildman–Crippen MR) is 49.9 cm³/mol. The fourth-order valence-corrected chi connectivity index (χ4v) is 1.54. The van der Waals surface area contributed by atoms with E-state index in [1.54, 1.807) is 18.2 Å². The van der Waals surface area contributed by atoms with Crippen LogP contribution in [0.15, 0.2) is 23.3 Å². The fraction of sp³-hybridized carbons (Fsp3) is 0.375. The SMILES string of the molecule is O=C(O)COC1(Cl)C=CC=C(Cl)C1. The van der Waals surface area contributed by atoms with Gasteiger partial charge in [0, 0.05) is 11.5 Å². The third-order valence-corrected chi connectivity index (χ3v) is 2.10. The average Bonchev–Trinajstić information content (AvgIpc) is 2.01. The number of carboxylic acids is 1. The predicted octanol–water partition coefficient (Wildman–Crippen LogP) is 2.11. The first-order valence-electron chi connectivity index (χ1n) is 3.60. The lowest BCUT2D eigenvalue weighted by molar-refractivity contribution is -0.144. The van der Waals surface area contributed by atoms with Crippen LogP contribution < -0.4 is 0 Å². The van der Waals surface area contributed by atoms with Gasteiger partial charge in [-0.3, -0.25) is 0 Å². The Bertz CT molecular complexity index is 273. The Morgan fingerprint density at radius 3 is 3.00 bits per heavy atom. The van der Waals surface area contributed by atoms with Crippen LogP contribution >= 0.6 is 23.2 Å². The summed E-state index contributed by atoms with van der Waals surface area (Å²) >= 11 is 11.6. The molecule has 0 aliphatic heterocycles. The molecule has 0 heterocycles. The van der Waals surface area contributed by atoms with Gasteiger partial charge < -0.3 is 9.84 Å². The second kappa shape index (κ2) is 4.13. The molecule has 0 radical (unpaired) electrons. The highest BCUT2D eigenvalue weighted by Gasteiger charge is 2.28. The summed E-state index contributed by atoms with van der Waals surface area (Å²) in [5.41, 5.74) is 0. The topological polar surface area (TPSA) is 46.5 Å². The van der Waals surface area contributed by atoms with Crippen LogP contribution in [0.5, 0.6) is 0 Å². The number of ether oxygens (including phenoxy) is 1. The molecule has 5 heteroatoms. The van der Waals surface area contributed by atoms with Gasteiger partial charge in [0.15, 0.2) is 5.06 Å². The van der Waals surface area contributed by atoms with E-state index in [2.05, 4.69) is 0 Å². The molecule has 0 aromatic carbocycles. The van der Waals surface area contributed by atoms with Crippen molar-refractivity contribution in [1.82, 2.24) is 0 Å². The number of aliphatic carboxylic acids is 1. The highest BCUT2D eigenvalue weighted by atomic mass is 35.5. The molecule has 1 unspecified atom stereocenters. The van der Waals surface area contributed by atoms with Gasteiger partial charge in [-0.2, -0.15) is 0 Å². The Morgan fingerprint density at radius 1 is 1.77 bits per heavy atom. The number of carbonyl (C=O) groups is 1. The molecular weight excluding hydrogens is 215 g/mol. The standard InChI is InChI=1S/C8H8Cl2O3/c9-6-2-1-3-8(10,4-6)13-5-7(11)12/h1-3H,4-5H2,(H,11,12). The van der Waals surface area contributed by atoms with E-state index < -0.39 is 17.6 Å². The Balaban J connectivity index is 2.53. The summed E-state index contributed by atoms with van der Waals surface area (Å²) in [6.07, 6.45) is 5.19. The zero-order valence-electron chi connectivity index (χ0n) is 6.67. The van der Waals surface area contributed by atoms with E-state index in [0.29, 0.717) is 11.5 Å². The van der Waals surface area contributed by atoms with Gasteiger partial charge in [0.05, 0.1) is 0 Å². The lowest BCUT2D eigenvalue weighted by Gasteiger charge is -2.24. The maximum atomic E-state index is 10.2. The molecule has 0 aromatic rings. The van der Waals surface area contributed by atoms with Gasteiger partial charge in [-0.05, 0) is 12.2 Å². The van der Waals surface area contributed by atoms with Crippen molar-refractivity contribution >= 4 is 29.2 Å². The molecule has 0 spiro atoms. The van der Waals surface area contributed by atoms with Crippen molar-refractivity contribution in [3.8, 4) is 0 Å². The normalized spacial score (nSPS) is 27.1. The summed E-state index contributed by atoms with van der Waals surface area (Å²) in [5, 5.41) is 7.81. The van der Waals surface area contributed by atoms with Crippen molar-refractivity contribution < 1.29 is 14.6 Å². The third kappa shape index (κ3) is 3.38. The highest BCUT2D eigenvalue weighted by molar-refractivity contribution is 6.32. The molecule has 0 fully saturated rings. The minimum Gasteiger partial charge on any atom is -0.480 e. The molecule has 1 atom stereocenters. The van der Waals surface area contributed by atoms with Crippen LogP contribution in [0.25, 0.3) is 0 Å². The number of carboxylic acid groups (broad SMARTS) is 1. The number of rotatable bonds is 3. The summed E-state index contributed by atoms with van der Waals surface area (Å²) in [4.78, 5) is 10.2. The van der Waals surface area contributed by atoms with Gasteiger partial charge in [-0.15, -0.1) is 0 Å². The molecule has 1 aliphatic carbocycles. The van der Waals surface area contributed by atoms with Crippen molar-refractivity contribution in [3.05, 3.63) is 23.3 Å². The van der Waals surface area contributed by atoms with Crippen LogP contribution in [0.3, 0.4) is 0 Å². The van der Waals surface area contributed by atoms with Crippen LogP contribution in [-0.2, 0) is 9.53 Å². The lowest BCUT2D eigenvalue weighted by Crippen LogP contribution is -2.27. The third-order valence-electron chi connectivity index (χ3n) is 1.47. The summed E-state index contributed by atoms with van der Waals surface area (Å²) in [7, 11) is 0. The van der Waals surface area contributed by atoms with Gasteiger partial charge >= 0.3 is 5.97 Å². The van der Waals surface area contributed by atoms with Crippen LogP contribution in [0.1, 0.15) is 6.42 Å². The molecule has 0 saturated carbocycles. The number of allylic oxidation sites excluding steroid dienone is 2. The zero-order chi connectivity index (χ0) is 9.90. The summed E-state index contributed by atoms with van der Waals surface area (Å²) < 4.78 is 4.96. The van der Waals surface area contributed by atoms with E-state index in [4.69, 9.17) is 33.0 Å². The molecule has 13 heavy (non-hydrogen) atoms. The number of hydrogen-bond acceptors (Lipinski definition) is 2. The van der Waals surface area contributed by atoms with Crippen LogP contribution in [0, 0.1) is 0 Å². The number of halogens is 2. The summed E-state index contributed by atoms with van der Waals surface area (Å²) in [6.45, 7) is -0.433. The quantitative estimate of drug-likeness (QED) is 0.745. The van der Waals surface area contributed by atoms with E-state index in [1.165, 1.54) is 0 Å². The molecule has 0 bridgehead atoms. The molecule has 1 rings (SSSR count). The summed E-state index contributed by atoms with van der Waals surface area (Å²) in [5.74, 6) is -1.06.